The van der Waals surface area contributed by atoms with E-state index in [1.54, 1.807) is 0 Å². The van der Waals surface area contributed by atoms with E-state index in [0.29, 0.717) is 19.3 Å². The number of esters is 3. The molecule has 0 saturated heterocycles. The summed E-state index contributed by atoms with van der Waals surface area (Å²) in [6, 6.07) is 0. The molecular formula is C64H98O6. The SMILES string of the molecule is CC/C=C\C/C=C\C/C=C\C/C=C\C/C=C\CCCC(=O)OC(COC(=O)CCC/C=C\C/C=C\C/C=C\C/C=C\CCCCC)COC(=O)CCCCCCC\C=C/C=C\C=C/C=C\CCCCC. The molecule has 0 amide bonds. The van der Waals surface area contributed by atoms with Crippen molar-refractivity contribution in [3.8, 4) is 0 Å². The molecule has 0 rings (SSSR count). The molecule has 0 aromatic carbocycles. The zero-order valence-electron chi connectivity index (χ0n) is 44.5. The van der Waals surface area contributed by atoms with Crippen molar-refractivity contribution in [1.29, 1.82) is 0 Å². The van der Waals surface area contributed by atoms with Gasteiger partial charge >= 0.3 is 17.9 Å². The van der Waals surface area contributed by atoms with Crippen LogP contribution in [-0.4, -0.2) is 37.2 Å². The topological polar surface area (TPSA) is 78.9 Å². The van der Waals surface area contributed by atoms with Crippen molar-refractivity contribution in [2.75, 3.05) is 13.2 Å². The maximum atomic E-state index is 12.8. The third-order valence-corrected chi connectivity index (χ3v) is 10.8. The summed E-state index contributed by atoms with van der Waals surface area (Å²) in [5.74, 6) is -1.09. The van der Waals surface area contributed by atoms with Gasteiger partial charge in [0.05, 0.1) is 0 Å². The summed E-state index contributed by atoms with van der Waals surface area (Å²) in [4.78, 5) is 38.1. The van der Waals surface area contributed by atoms with Crippen LogP contribution >= 0.6 is 0 Å². The fourth-order valence-corrected chi connectivity index (χ4v) is 6.72. The van der Waals surface area contributed by atoms with Crippen molar-refractivity contribution in [2.24, 2.45) is 0 Å². The summed E-state index contributed by atoms with van der Waals surface area (Å²) >= 11 is 0. The summed E-state index contributed by atoms with van der Waals surface area (Å²) < 4.78 is 16.7. The largest absolute Gasteiger partial charge is 0.462 e. The minimum absolute atomic E-state index is 0.138. The van der Waals surface area contributed by atoms with Crippen molar-refractivity contribution >= 4 is 17.9 Å². The van der Waals surface area contributed by atoms with Gasteiger partial charge in [-0.05, 0) is 122 Å². The highest BCUT2D eigenvalue weighted by Crippen LogP contribution is 2.11. The predicted molar refractivity (Wildman–Crippen MR) is 302 cm³/mol. The molecule has 0 radical (unpaired) electrons. The molecule has 0 bridgehead atoms. The van der Waals surface area contributed by atoms with Crippen molar-refractivity contribution in [2.45, 2.75) is 213 Å². The van der Waals surface area contributed by atoms with Crippen LogP contribution in [0.5, 0.6) is 0 Å². The van der Waals surface area contributed by atoms with E-state index in [9.17, 15) is 14.4 Å². The van der Waals surface area contributed by atoms with Gasteiger partial charge < -0.3 is 14.2 Å². The number of carbonyl (C=O) groups is 3. The van der Waals surface area contributed by atoms with Crippen LogP contribution in [-0.2, 0) is 28.6 Å². The Morgan fingerprint density at radius 3 is 1.06 bits per heavy atom. The number of hydrogen-bond donors (Lipinski definition) is 0. The summed E-state index contributed by atoms with van der Waals surface area (Å²) in [5.41, 5.74) is 0. The standard InChI is InChI=1S/C64H98O6/c1-4-7-10-13-16-19-22-25-28-31-34-36-39-42-45-48-51-54-57-63(66)69-60-61(70-64(67)58-55-52-49-46-43-40-37-33-30-27-24-21-18-15-12-9-6-3)59-68-62(65)56-53-50-47-44-41-38-35-32-29-26-23-20-17-14-11-8-5-2/h9,12,16-22,25-31,34-38,40,44,46-47,49,61H,4-8,10-11,13-15,23-24,32-33,39,41-43,45,48,50-60H2,1-3H3/b12-9-,19-16-,20-17-,21-18-,25-22-,29-26-,30-27-,31-28-,36-34-,38-35-,40-37-,47-44-,49-46-. The lowest BCUT2D eigenvalue weighted by atomic mass is 10.1. The first kappa shape index (κ1) is 65.0. The van der Waals surface area contributed by atoms with Gasteiger partial charge in [0.1, 0.15) is 13.2 Å². The molecule has 6 heteroatoms. The fraction of sp³-hybridized carbons (Fsp3) is 0.547. The Morgan fingerprint density at radius 2 is 0.629 bits per heavy atom. The molecule has 0 aliphatic rings. The highest BCUT2D eigenvalue weighted by atomic mass is 16.6. The highest BCUT2D eigenvalue weighted by molar-refractivity contribution is 5.71. The molecule has 0 heterocycles. The van der Waals surface area contributed by atoms with Crippen LogP contribution in [0.4, 0.5) is 0 Å². The molecule has 1 atom stereocenters. The molecule has 70 heavy (non-hydrogen) atoms. The minimum Gasteiger partial charge on any atom is -0.462 e. The molecule has 0 saturated carbocycles. The van der Waals surface area contributed by atoms with Crippen LogP contribution in [0.15, 0.2) is 158 Å². The van der Waals surface area contributed by atoms with Crippen molar-refractivity contribution in [1.82, 2.24) is 0 Å². The molecule has 0 N–H and O–H groups in total. The maximum Gasteiger partial charge on any atom is 0.306 e. The third-order valence-electron chi connectivity index (χ3n) is 10.8. The third kappa shape index (κ3) is 54.0. The molecule has 0 spiro atoms. The van der Waals surface area contributed by atoms with Crippen molar-refractivity contribution < 1.29 is 28.6 Å². The molecule has 0 aliphatic heterocycles. The molecule has 0 fully saturated rings. The Hall–Kier alpha value is -4.97. The lowest BCUT2D eigenvalue weighted by molar-refractivity contribution is -0.167. The summed E-state index contributed by atoms with van der Waals surface area (Å²) in [6.07, 6.45) is 82.3. The first-order chi connectivity index (χ1) is 34.5. The highest BCUT2D eigenvalue weighted by Gasteiger charge is 2.19. The van der Waals surface area contributed by atoms with Crippen LogP contribution in [0.2, 0.25) is 0 Å². The average molecular weight is 963 g/mol. The second kappa shape index (κ2) is 56.6. The van der Waals surface area contributed by atoms with Gasteiger partial charge in [0.25, 0.3) is 0 Å². The van der Waals surface area contributed by atoms with Gasteiger partial charge in [-0.15, -0.1) is 0 Å². The van der Waals surface area contributed by atoms with E-state index in [4.69, 9.17) is 14.2 Å². The predicted octanol–water partition coefficient (Wildman–Crippen LogP) is 18.6. The van der Waals surface area contributed by atoms with Gasteiger partial charge in [-0.2, -0.15) is 0 Å². The Labute approximate surface area is 429 Å². The van der Waals surface area contributed by atoms with Gasteiger partial charge in [0.15, 0.2) is 6.10 Å². The zero-order chi connectivity index (χ0) is 50.7. The lowest BCUT2D eigenvalue weighted by Gasteiger charge is -2.18. The molecule has 0 aromatic heterocycles. The first-order valence-electron chi connectivity index (χ1n) is 27.5. The number of rotatable bonds is 47. The van der Waals surface area contributed by atoms with Crippen molar-refractivity contribution in [3.05, 3.63) is 158 Å². The van der Waals surface area contributed by atoms with Gasteiger partial charge in [-0.1, -0.05) is 224 Å². The van der Waals surface area contributed by atoms with Gasteiger partial charge in [0.2, 0.25) is 0 Å². The van der Waals surface area contributed by atoms with Crippen LogP contribution in [0, 0.1) is 0 Å². The second-order valence-electron chi connectivity index (χ2n) is 17.5. The molecule has 6 nitrogen and oxygen atoms in total. The number of unbranched alkanes of at least 4 members (excludes halogenated alkanes) is 13. The van der Waals surface area contributed by atoms with Gasteiger partial charge in [-0.3, -0.25) is 14.4 Å². The Morgan fingerprint density at radius 1 is 0.314 bits per heavy atom. The Balaban J connectivity index is 4.65. The van der Waals surface area contributed by atoms with E-state index in [1.165, 1.54) is 44.9 Å². The van der Waals surface area contributed by atoms with E-state index in [1.807, 2.05) is 0 Å². The van der Waals surface area contributed by atoms with E-state index < -0.39 is 12.1 Å². The number of carbonyl (C=O) groups excluding carboxylic acids is 3. The maximum absolute atomic E-state index is 12.8. The summed E-state index contributed by atoms with van der Waals surface area (Å²) in [7, 11) is 0. The molecule has 0 aliphatic carbocycles. The second-order valence-corrected chi connectivity index (χ2v) is 17.5. The van der Waals surface area contributed by atoms with Crippen LogP contribution in [0.25, 0.3) is 0 Å². The summed E-state index contributed by atoms with van der Waals surface area (Å²) in [5, 5.41) is 0. The average Bonchev–Trinajstić information content (AvgIpc) is 3.36. The van der Waals surface area contributed by atoms with E-state index in [-0.39, 0.29) is 38.0 Å². The first-order valence-corrected chi connectivity index (χ1v) is 27.5. The number of ether oxygens (including phenoxy) is 3. The number of hydrogen-bond acceptors (Lipinski definition) is 6. The van der Waals surface area contributed by atoms with Crippen LogP contribution in [0.1, 0.15) is 207 Å². The van der Waals surface area contributed by atoms with E-state index in [2.05, 4.69) is 179 Å². The number of allylic oxidation sites excluding steroid dienone is 26. The van der Waals surface area contributed by atoms with E-state index >= 15 is 0 Å². The lowest BCUT2D eigenvalue weighted by Crippen LogP contribution is -2.30. The smallest absolute Gasteiger partial charge is 0.306 e. The van der Waals surface area contributed by atoms with Crippen molar-refractivity contribution in [3.63, 3.8) is 0 Å². The van der Waals surface area contributed by atoms with E-state index in [0.717, 1.165) is 109 Å². The van der Waals surface area contributed by atoms with Gasteiger partial charge in [-0.25, -0.2) is 0 Å². The van der Waals surface area contributed by atoms with Gasteiger partial charge in [0, 0.05) is 19.3 Å². The Bertz CT molecular complexity index is 1620. The molecular weight excluding hydrogens is 865 g/mol. The monoisotopic (exact) mass is 963 g/mol. The normalized spacial score (nSPS) is 13.4. The van der Waals surface area contributed by atoms with Crippen LogP contribution < -0.4 is 0 Å². The molecule has 390 valence electrons. The quantitative estimate of drug-likeness (QED) is 0.0199. The molecule has 0 aromatic rings. The minimum atomic E-state index is -0.848. The summed E-state index contributed by atoms with van der Waals surface area (Å²) in [6.45, 7) is 6.32. The fourth-order valence-electron chi connectivity index (χ4n) is 6.72. The zero-order valence-corrected chi connectivity index (χ0v) is 44.5. The molecule has 1 unspecified atom stereocenters. The van der Waals surface area contributed by atoms with Crippen LogP contribution in [0.3, 0.4) is 0 Å². The Kier molecular flexibility index (Phi) is 52.6.